The number of carbonyl (C=O) groups is 2. The summed E-state index contributed by atoms with van der Waals surface area (Å²) in [6.45, 7) is 8.50. The van der Waals surface area contributed by atoms with Gasteiger partial charge in [-0.15, -0.1) is 13.2 Å². The van der Waals surface area contributed by atoms with E-state index in [0.29, 0.717) is 54.7 Å². The maximum atomic E-state index is 13.4. The number of aryl methyl sites for hydroxylation is 2. The number of aromatic nitrogens is 1. The van der Waals surface area contributed by atoms with Crippen molar-refractivity contribution in [1.29, 1.82) is 0 Å². The van der Waals surface area contributed by atoms with Crippen LogP contribution in [0, 0.1) is 5.92 Å². The number of ether oxygens (including phenoxy) is 2. The number of fused-ring (bicyclic) bond motifs is 1. The van der Waals surface area contributed by atoms with Crippen LogP contribution in [0.15, 0.2) is 42.5 Å². The molecule has 1 saturated heterocycles. The van der Waals surface area contributed by atoms with Gasteiger partial charge in [-0.25, -0.2) is 4.79 Å². The van der Waals surface area contributed by atoms with Crippen LogP contribution in [0.25, 0.3) is 11.1 Å². The molecule has 3 heterocycles. The number of rotatable bonds is 9. The van der Waals surface area contributed by atoms with Gasteiger partial charge in [-0.05, 0) is 85.9 Å². The molecule has 242 valence electrons. The van der Waals surface area contributed by atoms with Gasteiger partial charge in [0, 0.05) is 36.0 Å². The molecular formula is C34H39F3N2O6. The summed E-state index contributed by atoms with van der Waals surface area (Å²) in [7, 11) is 0. The smallest absolute Gasteiger partial charge is 0.487 e. The summed E-state index contributed by atoms with van der Waals surface area (Å²) in [4.78, 5) is 28.1. The second-order valence-corrected chi connectivity index (χ2v) is 12.3. The maximum Gasteiger partial charge on any atom is 0.573 e. The summed E-state index contributed by atoms with van der Waals surface area (Å²) < 4.78 is 51.4. The molecule has 5 rings (SSSR count). The van der Waals surface area contributed by atoms with Crippen molar-refractivity contribution in [2.45, 2.75) is 83.7 Å². The van der Waals surface area contributed by atoms with Crippen molar-refractivity contribution in [2.24, 2.45) is 5.92 Å². The number of aliphatic carboxylic acids is 1. The first-order valence-electron chi connectivity index (χ1n) is 15.3. The Morgan fingerprint density at radius 1 is 1.04 bits per heavy atom. The fourth-order valence-electron chi connectivity index (χ4n) is 6.58. The molecule has 45 heavy (non-hydrogen) atoms. The Balaban J connectivity index is 1.37. The Morgan fingerprint density at radius 3 is 2.38 bits per heavy atom. The summed E-state index contributed by atoms with van der Waals surface area (Å²) in [6, 6.07) is 11.5. The maximum absolute atomic E-state index is 13.4. The van der Waals surface area contributed by atoms with Crippen LogP contribution in [0.1, 0.15) is 91.8 Å². The van der Waals surface area contributed by atoms with Crippen molar-refractivity contribution < 1.29 is 42.4 Å². The number of carboxylic acids is 2. The first-order valence-corrected chi connectivity index (χ1v) is 15.3. The third-order valence-electron chi connectivity index (χ3n) is 9.67. The molecule has 3 aromatic rings. The van der Waals surface area contributed by atoms with E-state index in [9.17, 15) is 33.0 Å². The van der Waals surface area contributed by atoms with Crippen LogP contribution in [-0.4, -0.2) is 57.1 Å². The van der Waals surface area contributed by atoms with Crippen molar-refractivity contribution in [3.05, 3.63) is 70.5 Å². The molecule has 3 N–H and O–H groups in total. The van der Waals surface area contributed by atoms with Crippen molar-refractivity contribution in [3.63, 3.8) is 0 Å². The van der Waals surface area contributed by atoms with E-state index in [1.807, 2.05) is 39.0 Å². The first kappa shape index (κ1) is 32.4. The summed E-state index contributed by atoms with van der Waals surface area (Å²) in [5.41, 5.74) is 3.87. The van der Waals surface area contributed by atoms with Gasteiger partial charge in [-0.2, -0.15) is 0 Å². The molecule has 2 aliphatic rings. The Bertz CT molecular complexity index is 1570. The topological polar surface area (TPSA) is 112 Å². The van der Waals surface area contributed by atoms with Gasteiger partial charge < -0.3 is 24.7 Å². The van der Waals surface area contributed by atoms with Gasteiger partial charge in [-0.3, -0.25) is 9.69 Å². The van der Waals surface area contributed by atoms with E-state index in [4.69, 9.17) is 4.74 Å². The van der Waals surface area contributed by atoms with Gasteiger partial charge in [0.25, 0.3) is 0 Å². The molecule has 8 nitrogen and oxygen atoms in total. The number of nitrogens with zero attached hydrogens (tertiary/aromatic N) is 1. The average Bonchev–Trinajstić information content (AvgIpc) is 3.44. The number of hydrogen-bond acceptors (Lipinski definition) is 5. The van der Waals surface area contributed by atoms with Crippen LogP contribution in [0.4, 0.5) is 13.2 Å². The Morgan fingerprint density at radius 2 is 1.76 bits per heavy atom. The lowest BCUT2D eigenvalue weighted by Gasteiger charge is -2.46. The highest BCUT2D eigenvalue weighted by Crippen LogP contribution is 2.44. The fraction of sp³-hybridized carbons (Fsp3) is 0.471. The normalized spacial score (nSPS) is 18.5. The highest BCUT2D eigenvalue weighted by atomic mass is 19.4. The SMILES string of the molecule is CCc1[nH]c(C(=O)O)cc1-c1ccc(OC(F)(F)F)c(C(C)N2CCC3(CCc4ccc([C@H](C)[C@H](C)C(=O)O)cc4O3)CC2)c1. The molecule has 1 fully saturated rings. The molecule has 0 saturated carbocycles. The minimum absolute atomic E-state index is 0.0143. The molecule has 11 heteroatoms. The molecule has 2 aromatic carbocycles. The zero-order valence-corrected chi connectivity index (χ0v) is 25.8. The van der Waals surface area contributed by atoms with Gasteiger partial charge in [0.2, 0.25) is 0 Å². The minimum Gasteiger partial charge on any atom is -0.487 e. The molecule has 1 unspecified atom stereocenters. The van der Waals surface area contributed by atoms with Gasteiger partial charge in [0.1, 0.15) is 22.8 Å². The van der Waals surface area contributed by atoms with E-state index in [-0.39, 0.29) is 17.4 Å². The number of benzene rings is 2. The van der Waals surface area contributed by atoms with Crippen molar-refractivity contribution in [1.82, 2.24) is 9.88 Å². The standard InChI is InChI=1S/C34H39F3N2O6/c1-5-27-26(18-28(38-27)32(42)43)24-8-9-29(45-34(35,36)37)25(16-24)21(4)39-14-12-33(13-15-39)11-10-22-6-7-23(17-30(22)44-33)19(2)20(3)31(40)41/h6-9,16-21,38H,5,10-15H2,1-4H3,(H,40,41)(H,42,43)/t19-,20+,21?/m1/s1. The number of aromatic carboxylic acids is 1. The lowest BCUT2D eigenvalue weighted by molar-refractivity contribution is -0.275. The highest BCUT2D eigenvalue weighted by Gasteiger charge is 2.41. The Kier molecular flexibility index (Phi) is 8.95. The van der Waals surface area contributed by atoms with Gasteiger partial charge in [-0.1, -0.05) is 39.0 Å². The average molecular weight is 629 g/mol. The van der Waals surface area contributed by atoms with Crippen molar-refractivity contribution in [2.75, 3.05) is 13.1 Å². The van der Waals surface area contributed by atoms with Crippen LogP contribution < -0.4 is 9.47 Å². The third-order valence-corrected chi connectivity index (χ3v) is 9.67. The van der Waals surface area contributed by atoms with E-state index >= 15 is 0 Å². The van der Waals surface area contributed by atoms with E-state index in [1.54, 1.807) is 13.0 Å². The molecule has 1 spiro atoms. The van der Waals surface area contributed by atoms with E-state index in [0.717, 1.165) is 29.7 Å². The molecule has 1 aromatic heterocycles. The number of piperidine rings is 1. The van der Waals surface area contributed by atoms with E-state index in [1.165, 1.54) is 18.2 Å². The van der Waals surface area contributed by atoms with Crippen LogP contribution in [0.5, 0.6) is 11.5 Å². The van der Waals surface area contributed by atoms with Gasteiger partial charge >= 0.3 is 18.3 Å². The number of alkyl halides is 3. The number of H-pyrrole nitrogens is 1. The predicted octanol–water partition coefficient (Wildman–Crippen LogP) is 7.59. The molecule has 3 atom stereocenters. The van der Waals surface area contributed by atoms with Gasteiger partial charge in [0.15, 0.2) is 0 Å². The van der Waals surface area contributed by atoms with Crippen molar-refractivity contribution in [3.8, 4) is 22.6 Å². The molecule has 2 aliphatic heterocycles. The van der Waals surface area contributed by atoms with E-state index < -0.39 is 35.9 Å². The number of nitrogens with one attached hydrogen (secondary N) is 1. The monoisotopic (exact) mass is 628 g/mol. The molecular weight excluding hydrogens is 589 g/mol. The van der Waals surface area contributed by atoms with Gasteiger partial charge in [0.05, 0.1) is 5.92 Å². The number of aromatic amines is 1. The minimum atomic E-state index is -4.87. The number of likely N-dealkylation sites (tertiary alicyclic amines) is 1. The fourth-order valence-corrected chi connectivity index (χ4v) is 6.58. The third kappa shape index (κ3) is 6.83. The lowest BCUT2D eigenvalue weighted by atomic mass is 9.81. The number of hydrogen-bond donors (Lipinski definition) is 3. The predicted molar refractivity (Wildman–Crippen MR) is 162 cm³/mol. The number of carboxylic acid groups (broad SMARTS) is 2. The second kappa shape index (κ2) is 12.4. The molecule has 0 amide bonds. The summed E-state index contributed by atoms with van der Waals surface area (Å²) in [5, 5.41) is 18.9. The largest absolute Gasteiger partial charge is 0.573 e. The molecule has 0 radical (unpaired) electrons. The van der Waals surface area contributed by atoms with E-state index in [2.05, 4.69) is 14.6 Å². The summed E-state index contributed by atoms with van der Waals surface area (Å²) in [6.07, 6.45) is -1.35. The van der Waals surface area contributed by atoms with Crippen LogP contribution in [-0.2, 0) is 17.6 Å². The zero-order chi connectivity index (χ0) is 32.7. The summed E-state index contributed by atoms with van der Waals surface area (Å²) >= 11 is 0. The Labute approximate surface area is 260 Å². The van der Waals surface area contributed by atoms with Crippen molar-refractivity contribution >= 4 is 11.9 Å². The summed E-state index contributed by atoms with van der Waals surface area (Å²) in [5.74, 6) is -2.20. The molecule has 0 bridgehead atoms. The first-order chi connectivity index (χ1) is 21.2. The zero-order valence-electron chi connectivity index (χ0n) is 25.8. The van der Waals surface area contributed by atoms with Crippen LogP contribution >= 0.6 is 0 Å². The Hall–Kier alpha value is -3.99. The number of halogens is 3. The second-order valence-electron chi connectivity index (χ2n) is 12.3. The highest BCUT2D eigenvalue weighted by molar-refractivity contribution is 5.88. The quantitative estimate of drug-likeness (QED) is 0.224. The van der Waals surface area contributed by atoms with Crippen LogP contribution in [0.2, 0.25) is 0 Å². The van der Waals surface area contributed by atoms with Crippen LogP contribution in [0.3, 0.4) is 0 Å². The molecule has 0 aliphatic carbocycles. The lowest BCUT2D eigenvalue weighted by Crippen LogP contribution is -2.50.